The monoisotopic (exact) mass is 284 g/mol. The molecule has 5 nitrogen and oxygen atoms in total. The van der Waals surface area contributed by atoms with E-state index in [0.717, 1.165) is 5.56 Å². The van der Waals surface area contributed by atoms with Crippen LogP contribution in [0, 0.1) is 16.7 Å². The van der Waals surface area contributed by atoms with Gasteiger partial charge in [0.2, 0.25) is 5.88 Å². The Morgan fingerprint density at radius 3 is 2.81 bits per heavy atom. The molecule has 2 aliphatic rings. The zero-order chi connectivity index (χ0) is 15.2. The lowest BCUT2D eigenvalue weighted by Gasteiger charge is -2.36. The highest BCUT2D eigenvalue weighted by atomic mass is 16.5. The number of rotatable bonds is 1. The van der Waals surface area contributed by atoms with Crippen LogP contribution in [0.2, 0.25) is 0 Å². The van der Waals surface area contributed by atoms with Crippen LogP contribution in [0.15, 0.2) is 45.8 Å². The van der Waals surface area contributed by atoms with Crippen molar-refractivity contribution in [1.82, 2.24) is 0 Å². The highest BCUT2D eigenvalue weighted by molar-refractivity contribution is 6.00. The van der Waals surface area contributed by atoms with E-state index in [-0.39, 0.29) is 22.7 Å². The Morgan fingerprint density at radius 2 is 2.19 bits per heavy atom. The third-order valence-corrected chi connectivity index (χ3v) is 3.95. The minimum atomic E-state index is -0.485. The average Bonchev–Trinajstić information content (AvgIpc) is 2.88. The van der Waals surface area contributed by atoms with Gasteiger partial charge in [-0.15, -0.1) is 0 Å². The van der Waals surface area contributed by atoms with Crippen molar-refractivity contribution < 1.29 is 13.9 Å². The molecule has 0 radical (unpaired) electrons. The maximum Gasteiger partial charge on any atom is 0.205 e. The fourth-order valence-electron chi connectivity index (χ4n) is 3.06. The van der Waals surface area contributed by atoms with E-state index in [9.17, 15) is 10.1 Å². The van der Waals surface area contributed by atoms with Crippen LogP contribution < -0.4 is 5.73 Å². The fraction of sp³-hybridized carbons (Fsp3) is 0.375. The molecule has 0 aromatic carbocycles. The van der Waals surface area contributed by atoms with Gasteiger partial charge in [-0.3, -0.25) is 4.79 Å². The highest BCUT2D eigenvalue weighted by Crippen LogP contribution is 2.47. The van der Waals surface area contributed by atoms with E-state index in [4.69, 9.17) is 14.9 Å². The maximum absolute atomic E-state index is 12.6. The van der Waals surface area contributed by atoms with Gasteiger partial charge in [-0.2, -0.15) is 5.26 Å². The van der Waals surface area contributed by atoms with E-state index in [1.165, 1.54) is 12.5 Å². The van der Waals surface area contributed by atoms with Crippen molar-refractivity contribution in [3.63, 3.8) is 0 Å². The number of nitriles is 1. The van der Waals surface area contributed by atoms with Crippen molar-refractivity contribution in [3.05, 3.63) is 46.9 Å². The van der Waals surface area contributed by atoms with Crippen molar-refractivity contribution in [2.75, 3.05) is 0 Å². The summed E-state index contributed by atoms with van der Waals surface area (Å²) in [6.07, 6.45) is 4.12. The molecule has 0 unspecified atom stereocenters. The van der Waals surface area contributed by atoms with E-state index < -0.39 is 5.92 Å². The number of ketones is 1. The van der Waals surface area contributed by atoms with E-state index in [2.05, 4.69) is 6.07 Å². The lowest BCUT2D eigenvalue weighted by molar-refractivity contribution is -0.119. The summed E-state index contributed by atoms with van der Waals surface area (Å²) in [5.41, 5.74) is 7.28. The van der Waals surface area contributed by atoms with Gasteiger partial charge in [0.15, 0.2) is 5.78 Å². The second-order valence-corrected chi connectivity index (χ2v) is 6.26. The molecule has 2 N–H and O–H groups in total. The summed E-state index contributed by atoms with van der Waals surface area (Å²) < 4.78 is 10.7. The number of nitrogens with two attached hydrogens (primary N) is 1. The molecule has 0 saturated carbocycles. The molecular weight excluding hydrogens is 268 g/mol. The zero-order valence-corrected chi connectivity index (χ0v) is 12.0. The van der Waals surface area contributed by atoms with Crippen molar-refractivity contribution in [2.24, 2.45) is 11.1 Å². The van der Waals surface area contributed by atoms with Crippen LogP contribution in [0.1, 0.15) is 38.2 Å². The molecule has 21 heavy (non-hydrogen) atoms. The molecule has 0 spiro atoms. The van der Waals surface area contributed by atoms with E-state index in [1.54, 1.807) is 6.07 Å². The Balaban J connectivity index is 2.17. The maximum atomic E-state index is 12.6. The summed E-state index contributed by atoms with van der Waals surface area (Å²) >= 11 is 0. The highest BCUT2D eigenvalue weighted by Gasteiger charge is 2.43. The molecule has 0 fully saturated rings. The molecule has 108 valence electrons. The van der Waals surface area contributed by atoms with Crippen LogP contribution in [0.5, 0.6) is 0 Å². The molecule has 3 rings (SSSR count). The summed E-state index contributed by atoms with van der Waals surface area (Å²) in [6, 6.07) is 3.82. The normalized spacial score (nSPS) is 24.4. The predicted octanol–water partition coefficient (Wildman–Crippen LogP) is 2.73. The van der Waals surface area contributed by atoms with E-state index in [0.29, 0.717) is 24.2 Å². The number of carbonyl (C=O) groups is 1. The summed E-state index contributed by atoms with van der Waals surface area (Å²) in [6.45, 7) is 4.04. The average molecular weight is 284 g/mol. The number of hydrogen-bond donors (Lipinski definition) is 1. The van der Waals surface area contributed by atoms with Crippen LogP contribution in [-0.4, -0.2) is 5.78 Å². The Hall–Kier alpha value is -2.48. The SMILES string of the molecule is CC1(C)CC(=O)C2=C(C1)OC(N)=C(C#N)[C@H]2c1ccoc1. The molecule has 0 amide bonds. The lowest BCUT2D eigenvalue weighted by Crippen LogP contribution is -2.33. The van der Waals surface area contributed by atoms with Crippen LogP contribution in [-0.2, 0) is 9.53 Å². The molecule has 0 bridgehead atoms. The van der Waals surface area contributed by atoms with Crippen LogP contribution >= 0.6 is 0 Å². The Morgan fingerprint density at radius 1 is 1.43 bits per heavy atom. The lowest BCUT2D eigenvalue weighted by atomic mass is 9.70. The van der Waals surface area contributed by atoms with Crippen molar-refractivity contribution in [2.45, 2.75) is 32.6 Å². The van der Waals surface area contributed by atoms with Gasteiger partial charge in [0, 0.05) is 24.0 Å². The Labute approximate surface area is 122 Å². The number of carbonyl (C=O) groups excluding carboxylic acids is 1. The predicted molar refractivity (Wildman–Crippen MR) is 74.4 cm³/mol. The van der Waals surface area contributed by atoms with Gasteiger partial charge in [-0.25, -0.2) is 0 Å². The summed E-state index contributed by atoms with van der Waals surface area (Å²) in [5, 5.41) is 9.38. The zero-order valence-electron chi connectivity index (χ0n) is 12.0. The first-order chi connectivity index (χ1) is 9.93. The third-order valence-electron chi connectivity index (χ3n) is 3.95. The Bertz CT molecular complexity index is 702. The third kappa shape index (κ3) is 2.13. The fourth-order valence-corrected chi connectivity index (χ4v) is 3.06. The van der Waals surface area contributed by atoms with Gasteiger partial charge < -0.3 is 14.9 Å². The van der Waals surface area contributed by atoms with Gasteiger partial charge in [0.25, 0.3) is 0 Å². The summed E-state index contributed by atoms with van der Waals surface area (Å²) in [5.74, 6) is 0.181. The standard InChI is InChI=1S/C16H16N2O3/c1-16(2)5-11(19)14-12(6-16)21-15(18)10(7-17)13(14)9-3-4-20-8-9/h3-4,8,13H,5-6,18H2,1-2H3/t13-/m1/s1. The number of nitrogens with zero attached hydrogens (tertiary/aromatic N) is 1. The summed E-state index contributed by atoms with van der Waals surface area (Å²) in [7, 11) is 0. The van der Waals surface area contributed by atoms with Crippen molar-refractivity contribution >= 4 is 5.78 Å². The number of hydrogen-bond acceptors (Lipinski definition) is 5. The number of Topliss-reactive ketones (excluding diaryl/α,β-unsaturated/α-hetero) is 1. The second-order valence-electron chi connectivity index (χ2n) is 6.26. The number of ether oxygens (including phenoxy) is 1. The quantitative estimate of drug-likeness (QED) is 0.856. The smallest absolute Gasteiger partial charge is 0.205 e. The number of furan rings is 1. The van der Waals surface area contributed by atoms with Crippen LogP contribution in [0.4, 0.5) is 0 Å². The van der Waals surface area contributed by atoms with Gasteiger partial charge in [-0.1, -0.05) is 13.8 Å². The van der Waals surface area contributed by atoms with Crippen molar-refractivity contribution in [1.29, 1.82) is 5.26 Å². The van der Waals surface area contributed by atoms with E-state index in [1.807, 2.05) is 13.8 Å². The first-order valence-corrected chi connectivity index (χ1v) is 6.79. The summed E-state index contributed by atoms with van der Waals surface area (Å²) in [4.78, 5) is 12.6. The van der Waals surface area contributed by atoms with Gasteiger partial charge >= 0.3 is 0 Å². The first-order valence-electron chi connectivity index (χ1n) is 6.79. The van der Waals surface area contributed by atoms with Gasteiger partial charge in [0.1, 0.15) is 17.4 Å². The van der Waals surface area contributed by atoms with Crippen molar-refractivity contribution in [3.8, 4) is 6.07 Å². The van der Waals surface area contributed by atoms with E-state index >= 15 is 0 Å². The molecule has 1 aliphatic heterocycles. The number of allylic oxidation sites excluding steroid dienone is 3. The molecule has 5 heteroatoms. The molecule has 2 heterocycles. The van der Waals surface area contributed by atoms with Crippen LogP contribution in [0.25, 0.3) is 0 Å². The largest absolute Gasteiger partial charge is 0.472 e. The molecular formula is C16H16N2O3. The molecule has 1 atom stereocenters. The molecule has 1 aliphatic carbocycles. The minimum Gasteiger partial charge on any atom is -0.472 e. The molecule has 0 saturated heterocycles. The second kappa shape index (κ2) is 4.52. The van der Waals surface area contributed by atoms with Gasteiger partial charge in [-0.05, 0) is 11.5 Å². The van der Waals surface area contributed by atoms with Gasteiger partial charge in [0.05, 0.1) is 18.4 Å². The first kappa shape index (κ1) is 13.5. The molecule has 1 aromatic rings. The Kier molecular flexibility index (Phi) is 2.91. The minimum absolute atomic E-state index is 0.00713. The molecule has 1 aromatic heterocycles. The topological polar surface area (TPSA) is 89.2 Å². The van der Waals surface area contributed by atoms with Crippen LogP contribution in [0.3, 0.4) is 0 Å².